The van der Waals surface area contributed by atoms with Crippen molar-refractivity contribution in [1.82, 2.24) is 0 Å². The number of carbonyl (C=O) groups excluding carboxylic acids is 3. The Morgan fingerprint density at radius 1 is 1.14 bits per heavy atom. The van der Waals surface area contributed by atoms with Crippen molar-refractivity contribution in [3.63, 3.8) is 0 Å². The summed E-state index contributed by atoms with van der Waals surface area (Å²) in [5.41, 5.74) is 2.57. The van der Waals surface area contributed by atoms with Crippen LogP contribution in [0, 0.1) is 17.3 Å². The Hall–Kier alpha value is -3.01. The molecule has 2 aliphatic carbocycles. The van der Waals surface area contributed by atoms with E-state index in [4.69, 9.17) is 4.74 Å². The number of carbonyl (C=O) groups is 3. The number of esters is 1. The number of allylic oxidation sites excluding steroid dienone is 2. The molecule has 2 aliphatic rings. The zero-order valence-electron chi connectivity index (χ0n) is 16.5. The molecule has 4 heteroatoms. The van der Waals surface area contributed by atoms with Crippen LogP contribution in [0.2, 0.25) is 0 Å². The number of hydrogen-bond acceptors (Lipinski definition) is 4. The van der Waals surface area contributed by atoms with Gasteiger partial charge in [-0.1, -0.05) is 60.7 Å². The molecule has 1 spiro atoms. The lowest BCUT2D eigenvalue weighted by atomic mass is 9.56. The van der Waals surface area contributed by atoms with Gasteiger partial charge in [-0.2, -0.15) is 0 Å². The van der Waals surface area contributed by atoms with Crippen LogP contribution in [0.15, 0.2) is 60.7 Å². The number of rotatable bonds is 5. The van der Waals surface area contributed by atoms with E-state index in [1.54, 1.807) is 6.92 Å². The third-order valence-electron chi connectivity index (χ3n) is 6.37. The van der Waals surface area contributed by atoms with E-state index in [9.17, 15) is 14.4 Å². The molecule has 0 radical (unpaired) electrons. The predicted octanol–water partition coefficient (Wildman–Crippen LogP) is 4.28. The summed E-state index contributed by atoms with van der Waals surface area (Å²) in [5.74, 6) is -1.36. The number of hydrogen-bond donors (Lipinski definition) is 0. The van der Waals surface area contributed by atoms with Crippen molar-refractivity contribution >= 4 is 23.6 Å². The zero-order valence-corrected chi connectivity index (χ0v) is 16.5. The Balaban J connectivity index is 1.90. The molecule has 2 aromatic carbocycles. The standard InChI is InChI=1S/C25H24O4/c1-2-29-24(28)22-13-12-19(17-8-4-3-5-9-17)21(14-15-26)25(22)16-18-10-6-7-11-20(18)23(25)27/h3-12,15,21-22H,2,13-14,16H2,1H3/t21-,22-,25+/m0/s1. The summed E-state index contributed by atoms with van der Waals surface area (Å²) in [7, 11) is 0. The van der Waals surface area contributed by atoms with Gasteiger partial charge in [-0.3, -0.25) is 9.59 Å². The van der Waals surface area contributed by atoms with E-state index in [0.717, 1.165) is 23.0 Å². The topological polar surface area (TPSA) is 60.4 Å². The molecule has 0 saturated carbocycles. The van der Waals surface area contributed by atoms with Gasteiger partial charge in [0, 0.05) is 17.9 Å². The third-order valence-corrected chi connectivity index (χ3v) is 6.37. The van der Waals surface area contributed by atoms with Crippen molar-refractivity contribution in [2.45, 2.75) is 26.2 Å². The fraction of sp³-hybridized carbons (Fsp3) is 0.320. The van der Waals surface area contributed by atoms with Crippen LogP contribution in [0.25, 0.3) is 5.57 Å². The van der Waals surface area contributed by atoms with Crippen molar-refractivity contribution in [2.24, 2.45) is 17.3 Å². The molecule has 0 bridgehead atoms. The first-order valence-corrected chi connectivity index (χ1v) is 10.1. The number of benzene rings is 2. The van der Waals surface area contributed by atoms with Crippen molar-refractivity contribution in [2.75, 3.05) is 6.61 Å². The lowest BCUT2D eigenvalue weighted by molar-refractivity contribution is -0.153. The van der Waals surface area contributed by atoms with E-state index in [0.29, 0.717) is 18.4 Å². The molecule has 4 rings (SSSR count). The SMILES string of the molecule is CCOC(=O)[C@@H]1CC=C(c2ccccc2)[C@H](CC=O)[C@]12Cc1ccccc1C2=O. The first-order valence-electron chi connectivity index (χ1n) is 10.1. The molecule has 0 heterocycles. The smallest absolute Gasteiger partial charge is 0.310 e. The minimum atomic E-state index is -0.989. The highest BCUT2D eigenvalue weighted by Crippen LogP contribution is 2.57. The Labute approximate surface area is 170 Å². The van der Waals surface area contributed by atoms with E-state index in [1.807, 2.05) is 60.7 Å². The Morgan fingerprint density at radius 3 is 2.55 bits per heavy atom. The van der Waals surface area contributed by atoms with Crippen molar-refractivity contribution < 1.29 is 19.1 Å². The fourth-order valence-corrected chi connectivity index (χ4v) is 5.16. The van der Waals surface area contributed by atoms with Crippen molar-refractivity contribution in [3.8, 4) is 0 Å². The lowest BCUT2D eigenvalue weighted by Crippen LogP contribution is -2.49. The lowest BCUT2D eigenvalue weighted by Gasteiger charge is -2.44. The summed E-state index contributed by atoms with van der Waals surface area (Å²) in [6, 6.07) is 17.4. The second-order valence-electron chi connectivity index (χ2n) is 7.72. The highest BCUT2D eigenvalue weighted by atomic mass is 16.5. The quantitative estimate of drug-likeness (QED) is 0.566. The average molecular weight is 388 g/mol. The van der Waals surface area contributed by atoms with Gasteiger partial charge in [-0.25, -0.2) is 0 Å². The van der Waals surface area contributed by atoms with Gasteiger partial charge in [0.15, 0.2) is 5.78 Å². The first-order chi connectivity index (χ1) is 14.1. The molecule has 0 fully saturated rings. The van der Waals surface area contributed by atoms with Gasteiger partial charge in [0.1, 0.15) is 6.29 Å². The van der Waals surface area contributed by atoms with Crippen molar-refractivity contribution in [1.29, 1.82) is 0 Å². The van der Waals surface area contributed by atoms with Gasteiger partial charge in [0.05, 0.1) is 17.9 Å². The summed E-state index contributed by atoms with van der Waals surface area (Å²) >= 11 is 0. The molecule has 4 nitrogen and oxygen atoms in total. The molecule has 29 heavy (non-hydrogen) atoms. The molecule has 0 unspecified atom stereocenters. The number of fused-ring (bicyclic) bond motifs is 1. The molecule has 0 N–H and O–H groups in total. The van der Waals surface area contributed by atoms with Crippen LogP contribution in [0.3, 0.4) is 0 Å². The number of ether oxygens (including phenoxy) is 1. The Kier molecular flexibility index (Phi) is 5.18. The molecule has 0 aromatic heterocycles. The van der Waals surface area contributed by atoms with Crippen LogP contribution in [0.1, 0.15) is 41.3 Å². The predicted molar refractivity (Wildman–Crippen MR) is 110 cm³/mol. The largest absolute Gasteiger partial charge is 0.466 e. The Bertz CT molecular complexity index is 975. The zero-order chi connectivity index (χ0) is 20.4. The van der Waals surface area contributed by atoms with E-state index in [2.05, 4.69) is 0 Å². The van der Waals surface area contributed by atoms with Gasteiger partial charge in [0.25, 0.3) is 0 Å². The van der Waals surface area contributed by atoms with Gasteiger partial charge in [-0.15, -0.1) is 0 Å². The second-order valence-corrected chi connectivity index (χ2v) is 7.72. The Morgan fingerprint density at radius 2 is 1.86 bits per heavy atom. The molecule has 0 saturated heterocycles. The van der Waals surface area contributed by atoms with Crippen LogP contribution in [0.5, 0.6) is 0 Å². The summed E-state index contributed by atoms with van der Waals surface area (Å²) in [5, 5.41) is 0. The molecule has 0 aliphatic heterocycles. The number of Topliss-reactive ketones (excluding diaryl/α,β-unsaturated/α-hetero) is 1. The van der Waals surface area contributed by atoms with Gasteiger partial charge in [-0.05, 0) is 36.5 Å². The van der Waals surface area contributed by atoms with E-state index in [1.165, 1.54) is 0 Å². The maximum atomic E-state index is 13.8. The third kappa shape index (κ3) is 3.03. The summed E-state index contributed by atoms with van der Waals surface area (Å²) in [6.07, 6.45) is 3.96. The van der Waals surface area contributed by atoms with Crippen LogP contribution in [-0.4, -0.2) is 24.6 Å². The summed E-state index contributed by atoms with van der Waals surface area (Å²) in [4.78, 5) is 38.5. The van der Waals surface area contributed by atoms with Gasteiger partial charge >= 0.3 is 5.97 Å². The van der Waals surface area contributed by atoms with Gasteiger partial charge in [0.2, 0.25) is 0 Å². The van der Waals surface area contributed by atoms with E-state index >= 15 is 0 Å². The maximum Gasteiger partial charge on any atom is 0.310 e. The molecular formula is C25H24O4. The number of ketones is 1. The highest BCUT2D eigenvalue weighted by Gasteiger charge is 2.60. The summed E-state index contributed by atoms with van der Waals surface area (Å²) in [6.45, 7) is 2.03. The molecule has 3 atom stereocenters. The minimum Gasteiger partial charge on any atom is -0.466 e. The fourth-order valence-electron chi connectivity index (χ4n) is 5.16. The monoisotopic (exact) mass is 388 g/mol. The normalized spacial score (nSPS) is 25.4. The van der Waals surface area contributed by atoms with Crippen LogP contribution >= 0.6 is 0 Å². The van der Waals surface area contributed by atoms with Crippen LogP contribution in [0.4, 0.5) is 0 Å². The molecule has 2 aromatic rings. The molecular weight excluding hydrogens is 364 g/mol. The van der Waals surface area contributed by atoms with E-state index < -0.39 is 11.3 Å². The van der Waals surface area contributed by atoms with Crippen LogP contribution in [-0.2, 0) is 20.7 Å². The van der Waals surface area contributed by atoms with Crippen LogP contribution < -0.4 is 0 Å². The highest BCUT2D eigenvalue weighted by molar-refractivity contribution is 6.09. The second kappa shape index (κ2) is 7.78. The minimum absolute atomic E-state index is 0.0421. The average Bonchev–Trinajstić information content (AvgIpc) is 3.03. The van der Waals surface area contributed by atoms with E-state index in [-0.39, 0.29) is 30.7 Å². The maximum absolute atomic E-state index is 13.8. The first kappa shape index (κ1) is 19.3. The summed E-state index contributed by atoms with van der Waals surface area (Å²) < 4.78 is 5.37. The number of aldehydes is 1. The van der Waals surface area contributed by atoms with Crippen molar-refractivity contribution in [3.05, 3.63) is 77.4 Å². The van der Waals surface area contributed by atoms with Gasteiger partial charge < -0.3 is 9.53 Å². The molecule has 148 valence electrons. The molecule has 0 amide bonds.